The van der Waals surface area contributed by atoms with Crippen LogP contribution in [0.4, 0.5) is 11.6 Å². The van der Waals surface area contributed by atoms with E-state index in [0.29, 0.717) is 19.0 Å². The minimum Gasteiger partial charge on any atom is -0.358 e. The van der Waals surface area contributed by atoms with Crippen LogP contribution < -0.4 is 9.80 Å². The van der Waals surface area contributed by atoms with Crippen molar-refractivity contribution in [3.05, 3.63) is 12.4 Å². The van der Waals surface area contributed by atoms with E-state index in [0.717, 1.165) is 11.6 Å². The zero-order valence-electron chi connectivity index (χ0n) is 10.9. The van der Waals surface area contributed by atoms with Gasteiger partial charge < -0.3 is 9.80 Å². The minimum atomic E-state index is 0.391. The van der Waals surface area contributed by atoms with Crippen LogP contribution in [0.15, 0.2) is 12.4 Å². The molecule has 0 aliphatic rings. The zero-order chi connectivity index (χ0) is 12.8. The zero-order valence-corrected chi connectivity index (χ0v) is 10.9. The molecule has 0 bridgehead atoms. The Labute approximate surface area is 103 Å². The van der Waals surface area contributed by atoms with Gasteiger partial charge in [-0.15, -0.1) is 0 Å². The highest BCUT2D eigenvalue weighted by Gasteiger charge is 2.09. The summed E-state index contributed by atoms with van der Waals surface area (Å²) in [4.78, 5) is 12.5. The average molecular weight is 233 g/mol. The Morgan fingerprint density at radius 1 is 1.29 bits per heavy atom. The third-order valence-corrected chi connectivity index (χ3v) is 2.72. The van der Waals surface area contributed by atoms with Gasteiger partial charge in [-0.05, 0) is 13.8 Å². The lowest BCUT2D eigenvalue weighted by atomic mass is 10.3. The highest BCUT2D eigenvalue weighted by Crippen LogP contribution is 2.17. The van der Waals surface area contributed by atoms with Gasteiger partial charge in [-0.2, -0.15) is 5.26 Å². The number of aromatic nitrogens is 2. The summed E-state index contributed by atoms with van der Waals surface area (Å²) in [6.07, 6.45) is 2.06. The van der Waals surface area contributed by atoms with Crippen molar-refractivity contribution in [3.8, 4) is 6.07 Å². The van der Waals surface area contributed by atoms with E-state index >= 15 is 0 Å². The first-order valence-electron chi connectivity index (χ1n) is 5.69. The Hall–Kier alpha value is -1.83. The van der Waals surface area contributed by atoms with Crippen molar-refractivity contribution in [2.45, 2.75) is 26.3 Å². The van der Waals surface area contributed by atoms with Crippen molar-refractivity contribution < 1.29 is 0 Å². The fourth-order valence-corrected chi connectivity index (χ4v) is 1.34. The molecule has 0 amide bonds. The van der Waals surface area contributed by atoms with Crippen LogP contribution in [0.1, 0.15) is 20.3 Å². The maximum atomic E-state index is 8.56. The molecule has 0 atom stereocenters. The summed E-state index contributed by atoms with van der Waals surface area (Å²) in [6.45, 7) is 4.90. The van der Waals surface area contributed by atoms with E-state index in [9.17, 15) is 0 Å². The molecule has 0 unspecified atom stereocenters. The average Bonchev–Trinajstić information content (AvgIpc) is 2.35. The summed E-state index contributed by atoms with van der Waals surface area (Å²) in [5.74, 6) is 1.74. The molecule has 0 aliphatic heterocycles. The molecule has 17 heavy (non-hydrogen) atoms. The van der Waals surface area contributed by atoms with Crippen molar-refractivity contribution in [1.29, 1.82) is 5.26 Å². The maximum Gasteiger partial charge on any atom is 0.134 e. The molecule has 1 heterocycles. The van der Waals surface area contributed by atoms with Crippen molar-refractivity contribution in [1.82, 2.24) is 9.97 Å². The van der Waals surface area contributed by atoms with Gasteiger partial charge in [0.15, 0.2) is 0 Å². The van der Waals surface area contributed by atoms with Crippen LogP contribution in [0, 0.1) is 11.3 Å². The Balaban J connectivity index is 2.82. The predicted octanol–water partition coefficient (Wildman–Crippen LogP) is 1.67. The Morgan fingerprint density at radius 3 is 2.53 bits per heavy atom. The van der Waals surface area contributed by atoms with Gasteiger partial charge in [-0.1, -0.05) is 0 Å². The normalized spacial score (nSPS) is 10.1. The molecule has 1 aromatic rings. The highest BCUT2D eigenvalue weighted by atomic mass is 15.2. The monoisotopic (exact) mass is 233 g/mol. The lowest BCUT2D eigenvalue weighted by Gasteiger charge is -2.24. The van der Waals surface area contributed by atoms with Gasteiger partial charge in [0.25, 0.3) is 0 Å². The van der Waals surface area contributed by atoms with E-state index in [4.69, 9.17) is 5.26 Å². The van der Waals surface area contributed by atoms with Crippen molar-refractivity contribution in [2.75, 3.05) is 30.4 Å². The lowest BCUT2D eigenvalue weighted by Crippen LogP contribution is -2.27. The number of nitriles is 1. The first kappa shape index (κ1) is 13.2. The SMILES string of the molecule is CC(C)N(C)c1cc(N(C)CCC#N)ncn1. The van der Waals surface area contributed by atoms with Gasteiger partial charge in [0, 0.05) is 32.7 Å². The van der Waals surface area contributed by atoms with Gasteiger partial charge in [0.1, 0.15) is 18.0 Å². The molecule has 0 aromatic carbocycles. The van der Waals surface area contributed by atoms with Gasteiger partial charge in [-0.25, -0.2) is 9.97 Å². The van der Waals surface area contributed by atoms with Crippen LogP contribution in [0.3, 0.4) is 0 Å². The number of anilines is 2. The van der Waals surface area contributed by atoms with Gasteiger partial charge >= 0.3 is 0 Å². The molecule has 1 rings (SSSR count). The Kier molecular flexibility index (Phi) is 4.70. The smallest absolute Gasteiger partial charge is 0.134 e. The molecule has 0 fully saturated rings. The maximum absolute atomic E-state index is 8.56. The van der Waals surface area contributed by atoms with Crippen LogP contribution in [0.2, 0.25) is 0 Å². The van der Waals surface area contributed by atoms with E-state index in [1.165, 1.54) is 0 Å². The summed E-state index contributed by atoms with van der Waals surface area (Å²) < 4.78 is 0. The van der Waals surface area contributed by atoms with E-state index in [1.54, 1.807) is 6.33 Å². The van der Waals surface area contributed by atoms with E-state index in [-0.39, 0.29) is 0 Å². The molecule has 0 aliphatic carbocycles. The lowest BCUT2D eigenvalue weighted by molar-refractivity contribution is 0.740. The third-order valence-electron chi connectivity index (χ3n) is 2.72. The Morgan fingerprint density at radius 2 is 1.94 bits per heavy atom. The molecule has 0 saturated heterocycles. The first-order valence-corrected chi connectivity index (χ1v) is 5.69. The molecule has 0 spiro atoms. The van der Waals surface area contributed by atoms with Crippen molar-refractivity contribution >= 4 is 11.6 Å². The molecule has 5 nitrogen and oxygen atoms in total. The molecule has 0 saturated carbocycles. The molecular weight excluding hydrogens is 214 g/mol. The second-order valence-corrected chi connectivity index (χ2v) is 4.27. The fraction of sp³-hybridized carbons (Fsp3) is 0.583. The number of nitrogens with zero attached hydrogens (tertiary/aromatic N) is 5. The van der Waals surface area contributed by atoms with Crippen molar-refractivity contribution in [3.63, 3.8) is 0 Å². The van der Waals surface area contributed by atoms with E-state index in [2.05, 4.69) is 34.8 Å². The molecular formula is C12H19N5. The minimum absolute atomic E-state index is 0.391. The summed E-state index contributed by atoms with van der Waals surface area (Å²) >= 11 is 0. The van der Waals surface area contributed by atoms with Gasteiger partial charge in [-0.3, -0.25) is 0 Å². The fourth-order valence-electron chi connectivity index (χ4n) is 1.34. The summed E-state index contributed by atoms with van der Waals surface area (Å²) in [7, 11) is 3.94. The first-order chi connectivity index (χ1) is 8.06. The van der Waals surface area contributed by atoms with Crippen LogP contribution >= 0.6 is 0 Å². The summed E-state index contributed by atoms with van der Waals surface area (Å²) in [5, 5.41) is 8.56. The predicted molar refractivity (Wildman–Crippen MR) is 69.1 cm³/mol. The van der Waals surface area contributed by atoms with Gasteiger partial charge in [0.05, 0.1) is 12.5 Å². The molecule has 5 heteroatoms. The van der Waals surface area contributed by atoms with E-state index < -0.39 is 0 Å². The summed E-state index contributed by atoms with van der Waals surface area (Å²) in [6, 6.07) is 4.46. The van der Waals surface area contributed by atoms with Crippen molar-refractivity contribution in [2.24, 2.45) is 0 Å². The molecule has 0 N–H and O–H groups in total. The standard InChI is InChI=1S/C12H19N5/c1-10(2)17(4)12-8-11(14-9-15-12)16(3)7-5-6-13/h8-10H,5,7H2,1-4H3. The van der Waals surface area contributed by atoms with Crippen LogP contribution in [0.25, 0.3) is 0 Å². The van der Waals surface area contributed by atoms with E-state index in [1.807, 2.05) is 25.1 Å². The second-order valence-electron chi connectivity index (χ2n) is 4.27. The second kappa shape index (κ2) is 6.04. The summed E-state index contributed by atoms with van der Waals surface area (Å²) in [5.41, 5.74) is 0. The Bertz CT molecular complexity index is 396. The van der Waals surface area contributed by atoms with Crippen LogP contribution in [-0.4, -0.2) is 36.6 Å². The topological polar surface area (TPSA) is 56.0 Å². The highest BCUT2D eigenvalue weighted by molar-refractivity contribution is 5.49. The third kappa shape index (κ3) is 3.59. The van der Waals surface area contributed by atoms with Crippen LogP contribution in [0.5, 0.6) is 0 Å². The number of rotatable bonds is 5. The number of hydrogen-bond donors (Lipinski definition) is 0. The quantitative estimate of drug-likeness (QED) is 0.774. The van der Waals surface area contributed by atoms with Gasteiger partial charge in [0.2, 0.25) is 0 Å². The molecule has 1 aromatic heterocycles. The molecule has 0 radical (unpaired) electrons. The largest absolute Gasteiger partial charge is 0.358 e. The molecule has 92 valence electrons. The van der Waals surface area contributed by atoms with Crippen LogP contribution in [-0.2, 0) is 0 Å². The number of hydrogen-bond acceptors (Lipinski definition) is 5.